The predicted molar refractivity (Wildman–Crippen MR) is 82.1 cm³/mol. The zero-order valence-corrected chi connectivity index (χ0v) is 11.7. The largest absolute Gasteiger partial charge is 0.359 e. The third kappa shape index (κ3) is 4.17. The Labute approximate surface area is 122 Å². The quantitative estimate of drug-likeness (QED) is 0.656. The van der Waals surface area contributed by atoms with Gasteiger partial charge in [-0.3, -0.25) is 4.68 Å². The van der Waals surface area contributed by atoms with Crippen molar-refractivity contribution < 1.29 is 4.39 Å². The van der Waals surface area contributed by atoms with Gasteiger partial charge in [0.2, 0.25) is 0 Å². The first-order chi connectivity index (χ1) is 9.67. The zero-order valence-electron chi connectivity index (χ0n) is 10.8. The van der Waals surface area contributed by atoms with Crippen molar-refractivity contribution in [3.05, 3.63) is 60.7 Å². The first kappa shape index (κ1) is 14.2. The van der Waals surface area contributed by atoms with Gasteiger partial charge in [0.25, 0.3) is 0 Å². The van der Waals surface area contributed by atoms with E-state index in [9.17, 15) is 4.39 Å². The summed E-state index contributed by atoms with van der Waals surface area (Å²) in [7, 11) is 0. The molecule has 0 saturated carbocycles. The molecule has 0 aliphatic carbocycles. The van der Waals surface area contributed by atoms with Crippen LogP contribution in [-0.4, -0.2) is 21.4 Å². The minimum Gasteiger partial charge on any atom is -0.359 e. The minimum absolute atomic E-state index is 0.241. The van der Waals surface area contributed by atoms with Crippen molar-refractivity contribution in [3.63, 3.8) is 0 Å². The van der Waals surface area contributed by atoms with E-state index in [1.165, 1.54) is 12.1 Å². The van der Waals surface area contributed by atoms with Crippen molar-refractivity contribution in [1.82, 2.24) is 15.1 Å². The smallest absolute Gasteiger partial charge is 0.171 e. The second kappa shape index (κ2) is 6.81. The van der Waals surface area contributed by atoms with Crippen molar-refractivity contribution in [2.24, 2.45) is 0 Å². The normalized spacial score (nSPS) is 10.1. The summed E-state index contributed by atoms with van der Waals surface area (Å²) in [6.45, 7) is 4.79. The van der Waals surface area contributed by atoms with Crippen LogP contribution in [0.1, 0.15) is 5.56 Å². The average Bonchev–Trinajstić information content (AvgIpc) is 2.86. The van der Waals surface area contributed by atoms with Gasteiger partial charge < -0.3 is 10.6 Å². The van der Waals surface area contributed by atoms with Gasteiger partial charge >= 0.3 is 0 Å². The van der Waals surface area contributed by atoms with E-state index in [0.717, 1.165) is 11.3 Å². The molecule has 20 heavy (non-hydrogen) atoms. The fourth-order valence-corrected chi connectivity index (χ4v) is 1.83. The number of thiocarbonyl (C=S) groups is 1. The summed E-state index contributed by atoms with van der Waals surface area (Å²) in [5.74, 6) is -0.241. The molecule has 4 nitrogen and oxygen atoms in total. The molecule has 0 aliphatic heterocycles. The molecule has 2 N–H and O–H groups in total. The summed E-state index contributed by atoms with van der Waals surface area (Å²) in [5.41, 5.74) is 1.78. The van der Waals surface area contributed by atoms with Gasteiger partial charge in [-0.1, -0.05) is 18.2 Å². The van der Waals surface area contributed by atoms with Gasteiger partial charge in [-0.05, 0) is 29.9 Å². The molecule has 2 aromatic rings. The highest BCUT2D eigenvalue weighted by atomic mass is 32.1. The molecule has 0 atom stereocenters. The highest BCUT2D eigenvalue weighted by Gasteiger charge is 2.01. The number of anilines is 1. The summed E-state index contributed by atoms with van der Waals surface area (Å²) in [6, 6.07) is 6.35. The number of benzene rings is 1. The van der Waals surface area contributed by atoms with Crippen LogP contribution in [0.2, 0.25) is 0 Å². The van der Waals surface area contributed by atoms with Crippen LogP contribution in [-0.2, 0) is 6.54 Å². The van der Waals surface area contributed by atoms with Crippen LogP contribution in [0, 0.1) is 5.82 Å². The van der Waals surface area contributed by atoms with E-state index in [0.29, 0.717) is 18.2 Å². The maximum Gasteiger partial charge on any atom is 0.171 e. The van der Waals surface area contributed by atoms with Crippen molar-refractivity contribution in [2.75, 3.05) is 11.9 Å². The lowest BCUT2D eigenvalue weighted by molar-refractivity contribution is 0.624. The van der Waals surface area contributed by atoms with Crippen LogP contribution < -0.4 is 10.6 Å². The third-order valence-electron chi connectivity index (χ3n) is 2.56. The summed E-state index contributed by atoms with van der Waals surface area (Å²) in [4.78, 5) is 0. The summed E-state index contributed by atoms with van der Waals surface area (Å²) >= 11 is 5.11. The fraction of sp³-hybridized carbons (Fsp3) is 0.143. The van der Waals surface area contributed by atoms with Crippen LogP contribution >= 0.6 is 12.2 Å². The number of nitrogens with one attached hydrogen (secondary N) is 2. The van der Waals surface area contributed by atoms with Crippen LogP contribution in [0.25, 0.3) is 0 Å². The van der Waals surface area contributed by atoms with Crippen molar-refractivity contribution in [2.45, 2.75) is 6.54 Å². The molecule has 104 valence electrons. The number of rotatable bonds is 5. The standard InChI is InChI=1S/C14H15FN4S/c1-2-7-16-14(20)18-13-8-17-19(10-13)9-11-3-5-12(15)6-4-11/h2-6,8,10H,1,7,9H2,(H2,16,18,20). The fourth-order valence-electron chi connectivity index (χ4n) is 1.63. The van der Waals surface area contributed by atoms with Gasteiger partial charge in [0.05, 0.1) is 18.4 Å². The molecule has 0 amide bonds. The minimum atomic E-state index is -0.241. The van der Waals surface area contributed by atoms with Crippen molar-refractivity contribution in [1.29, 1.82) is 0 Å². The Kier molecular flexibility index (Phi) is 4.84. The number of halogens is 1. The van der Waals surface area contributed by atoms with E-state index in [2.05, 4.69) is 22.3 Å². The van der Waals surface area contributed by atoms with Gasteiger partial charge in [-0.15, -0.1) is 6.58 Å². The average molecular weight is 290 g/mol. The first-order valence-electron chi connectivity index (χ1n) is 6.10. The second-order valence-corrected chi connectivity index (χ2v) is 4.59. The van der Waals surface area contributed by atoms with E-state index < -0.39 is 0 Å². The number of nitrogens with zero attached hydrogens (tertiary/aromatic N) is 2. The zero-order chi connectivity index (χ0) is 14.4. The van der Waals surface area contributed by atoms with Crippen LogP contribution in [0.3, 0.4) is 0 Å². The molecule has 1 aromatic carbocycles. The molecule has 0 unspecified atom stereocenters. The Balaban J connectivity index is 1.93. The molecule has 0 fully saturated rings. The molecule has 1 aromatic heterocycles. The van der Waals surface area contributed by atoms with Crippen LogP contribution in [0.5, 0.6) is 0 Å². The monoisotopic (exact) mass is 290 g/mol. The predicted octanol–water partition coefficient (Wildman–Crippen LogP) is 2.54. The summed E-state index contributed by atoms with van der Waals surface area (Å²) < 4.78 is 14.6. The van der Waals surface area contributed by atoms with Gasteiger partial charge in [-0.2, -0.15) is 5.10 Å². The lowest BCUT2D eigenvalue weighted by Crippen LogP contribution is -2.28. The van der Waals surface area contributed by atoms with Gasteiger partial charge in [0.1, 0.15) is 5.82 Å². The molecule has 0 spiro atoms. The lowest BCUT2D eigenvalue weighted by Gasteiger charge is -2.06. The molecule has 0 aliphatic rings. The maximum atomic E-state index is 12.8. The summed E-state index contributed by atoms with van der Waals surface area (Å²) in [5, 5.41) is 10.7. The molecular formula is C14H15FN4S. The first-order valence-corrected chi connectivity index (χ1v) is 6.51. The maximum absolute atomic E-state index is 12.8. The van der Waals surface area contributed by atoms with Crippen molar-refractivity contribution >= 4 is 23.0 Å². The topological polar surface area (TPSA) is 41.9 Å². The van der Waals surface area contributed by atoms with E-state index in [1.54, 1.807) is 29.1 Å². The SMILES string of the molecule is C=CCNC(=S)Nc1cnn(Cc2ccc(F)cc2)c1. The van der Waals surface area contributed by atoms with Gasteiger partial charge in [0, 0.05) is 12.7 Å². The summed E-state index contributed by atoms with van der Waals surface area (Å²) in [6.07, 6.45) is 5.25. The highest BCUT2D eigenvalue weighted by molar-refractivity contribution is 7.80. The molecule has 0 radical (unpaired) electrons. The number of hydrogen-bond donors (Lipinski definition) is 2. The molecule has 6 heteroatoms. The Bertz CT molecular complexity index is 591. The Hall–Kier alpha value is -2.21. The lowest BCUT2D eigenvalue weighted by atomic mass is 10.2. The molecule has 0 saturated heterocycles. The molecule has 0 bridgehead atoms. The third-order valence-corrected chi connectivity index (χ3v) is 2.80. The van der Waals surface area contributed by atoms with Crippen LogP contribution in [0.4, 0.5) is 10.1 Å². The molecular weight excluding hydrogens is 275 g/mol. The van der Waals surface area contributed by atoms with Crippen molar-refractivity contribution in [3.8, 4) is 0 Å². The number of aromatic nitrogens is 2. The van der Waals surface area contributed by atoms with Crippen LogP contribution in [0.15, 0.2) is 49.3 Å². The Morgan fingerprint density at radius 2 is 2.15 bits per heavy atom. The highest BCUT2D eigenvalue weighted by Crippen LogP contribution is 2.08. The molecule has 1 heterocycles. The Morgan fingerprint density at radius 1 is 1.40 bits per heavy atom. The second-order valence-electron chi connectivity index (χ2n) is 4.18. The Morgan fingerprint density at radius 3 is 2.85 bits per heavy atom. The van der Waals surface area contributed by atoms with E-state index in [-0.39, 0.29) is 5.82 Å². The van der Waals surface area contributed by atoms with Gasteiger partial charge in [-0.25, -0.2) is 4.39 Å². The van der Waals surface area contributed by atoms with E-state index >= 15 is 0 Å². The molecule has 2 rings (SSSR count). The van der Waals surface area contributed by atoms with E-state index in [1.807, 2.05) is 6.20 Å². The van der Waals surface area contributed by atoms with E-state index in [4.69, 9.17) is 12.2 Å². The van der Waals surface area contributed by atoms with Gasteiger partial charge in [0.15, 0.2) is 5.11 Å². The number of hydrogen-bond acceptors (Lipinski definition) is 2.